The van der Waals surface area contributed by atoms with E-state index in [0.29, 0.717) is 10.7 Å². The molecule has 2 heterocycles. The van der Waals surface area contributed by atoms with Crippen molar-refractivity contribution in [3.8, 4) is 0 Å². The molecule has 0 atom stereocenters. The Hall–Kier alpha value is -3.46. The number of aromatic amines is 1. The second kappa shape index (κ2) is 7.88. The van der Waals surface area contributed by atoms with E-state index in [4.69, 9.17) is 0 Å². The number of carbonyl (C=O) groups excluding carboxylic acids is 3. The molecule has 0 aliphatic carbocycles. The Morgan fingerprint density at radius 2 is 1.86 bits per heavy atom. The Kier molecular flexibility index (Phi) is 5.13. The van der Waals surface area contributed by atoms with Gasteiger partial charge in [-0.2, -0.15) is 4.98 Å². The number of nitrogens with zero attached hydrogens (tertiary/aromatic N) is 3. The number of anilines is 1. The Morgan fingerprint density at radius 3 is 2.62 bits per heavy atom. The Morgan fingerprint density at radius 1 is 1.10 bits per heavy atom. The summed E-state index contributed by atoms with van der Waals surface area (Å²) < 4.78 is 0. The molecule has 0 saturated heterocycles. The fourth-order valence-electron chi connectivity index (χ4n) is 3.02. The van der Waals surface area contributed by atoms with Crippen molar-refractivity contribution in [2.45, 2.75) is 18.6 Å². The number of carbonyl (C=O) groups is 3. The Bertz CT molecular complexity index is 1100. The van der Waals surface area contributed by atoms with Crippen molar-refractivity contribution >= 4 is 35.4 Å². The molecule has 0 fully saturated rings. The molecule has 9 heteroatoms. The SMILES string of the molecule is CCSc1n[nH]c(NC(=O)c2ccc3c(c2)C(=O)N(Cc2ccccc2)C3=O)n1. The standard InChI is InChI=1S/C20H17N5O3S/c1-2-29-20-22-19(23-24-20)21-16(26)13-8-9-14-15(10-13)18(28)25(17(14)27)11-12-6-4-3-5-7-12/h3-10H,2,11H2,1H3,(H2,21,22,23,24,26). The third-order valence-electron chi connectivity index (χ3n) is 4.39. The summed E-state index contributed by atoms with van der Waals surface area (Å²) in [6.45, 7) is 2.16. The quantitative estimate of drug-likeness (QED) is 0.480. The van der Waals surface area contributed by atoms with Crippen LogP contribution in [0.2, 0.25) is 0 Å². The summed E-state index contributed by atoms with van der Waals surface area (Å²) in [6, 6.07) is 13.7. The highest BCUT2D eigenvalue weighted by Crippen LogP contribution is 2.26. The molecular weight excluding hydrogens is 390 g/mol. The first kappa shape index (κ1) is 18.9. The summed E-state index contributed by atoms with van der Waals surface area (Å²) in [7, 11) is 0. The van der Waals surface area contributed by atoms with Crippen molar-refractivity contribution in [2.24, 2.45) is 0 Å². The first-order valence-corrected chi connectivity index (χ1v) is 9.96. The molecular formula is C20H17N5O3S. The normalized spacial score (nSPS) is 12.9. The molecule has 1 aliphatic rings. The molecule has 29 heavy (non-hydrogen) atoms. The number of benzene rings is 2. The van der Waals surface area contributed by atoms with Crippen LogP contribution >= 0.6 is 11.8 Å². The predicted octanol–water partition coefficient (Wildman–Crippen LogP) is 2.97. The number of nitrogens with one attached hydrogen (secondary N) is 2. The van der Waals surface area contributed by atoms with E-state index >= 15 is 0 Å². The molecule has 0 saturated carbocycles. The fraction of sp³-hybridized carbons (Fsp3) is 0.150. The number of rotatable bonds is 6. The number of amides is 3. The zero-order valence-electron chi connectivity index (χ0n) is 15.5. The van der Waals surface area contributed by atoms with Crippen molar-refractivity contribution in [3.63, 3.8) is 0 Å². The maximum absolute atomic E-state index is 12.8. The lowest BCUT2D eigenvalue weighted by Crippen LogP contribution is -2.29. The number of fused-ring (bicyclic) bond motifs is 1. The number of hydrogen-bond donors (Lipinski definition) is 2. The van der Waals surface area contributed by atoms with Gasteiger partial charge in [0.15, 0.2) is 0 Å². The van der Waals surface area contributed by atoms with Crippen molar-refractivity contribution in [2.75, 3.05) is 11.1 Å². The second-order valence-corrected chi connectivity index (χ2v) is 7.53. The van der Waals surface area contributed by atoms with Crippen LogP contribution in [0, 0.1) is 0 Å². The molecule has 4 rings (SSSR count). The second-order valence-electron chi connectivity index (χ2n) is 6.30. The van der Waals surface area contributed by atoms with Gasteiger partial charge in [-0.05, 0) is 29.5 Å². The van der Waals surface area contributed by atoms with Gasteiger partial charge in [0.2, 0.25) is 11.1 Å². The number of hydrogen-bond acceptors (Lipinski definition) is 6. The monoisotopic (exact) mass is 407 g/mol. The molecule has 0 unspecified atom stereocenters. The van der Waals surface area contributed by atoms with Gasteiger partial charge in [-0.1, -0.05) is 49.0 Å². The molecule has 3 aromatic rings. The van der Waals surface area contributed by atoms with E-state index in [2.05, 4.69) is 20.5 Å². The van der Waals surface area contributed by atoms with Gasteiger partial charge in [-0.15, -0.1) is 5.10 Å². The number of H-pyrrole nitrogens is 1. The largest absolute Gasteiger partial charge is 0.291 e. The van der Waals surface area contributed by atoms with E-state index in [1.54, 1.807) is 0 Å². The predicted molar refractivity (Wildman–Crippen MR) is 108 cm³/mol. The van der Waals surface area contributed by atoms with E-state index in [9.17, 15) is 14.4 Å². The van der Waals surface area contributed by atoms with Gasteiger partial charge >= 0.3 is 0 Å². The minimum absolute atomic E-state index is 0.185. The highest BCUT2D eigenvalue weighted by molar-refractivity contribution is 7.99. The van der Waals surface area contributed by atoms with Gasteiger partial charge < -0.3 is 0 Å². The third kappa shape index (κ3) is 3.77. The smallest absolute Gasteiger partial charge is 0.261 e. The van der Waals surface area contributed by atoms with E-state index in [0.717, 1.165) is 11.3 Å². The van der Waals surface area contributed by atoms with Crippen molar-refractivity contribution < 1.29 is 14.4 Å². The maximum Gasteiger partial charge on any atom is 0.261 e. The summed E-state index contributed by atoms with van der Waals surface area (Å²) in [4.78, 5) is 43.3. The van der Waals surface area contributed by atoms with E-state index in [1.165, 1.54) is 34.9 Å². The minimum Gasteiger partial charge on any atom is -0.291 e. The molecule has 8 nitrogen and oxygen atoms in total. The van der Waals surface area contributed by atoms with E-state index in [1.807, 2.05) is 37.3 Å². The molecule has 0 spiro atoms. The van der Waals surface area contributed by atoms with Crippen molar-refractivity contribution in [3.05, 3.63) is 70.8 Å². The zero-order valence-corrected chi connectivity index (χ0v) is 16.3. The summed E-state index contributed by atoms with van der Waals surface area (Å²) in [5.74, 6) is -0.188. The first-order chi connectivity index (χ1) is 14.1. The topological polar surface area (TPSA) is 108 Å². The van der Waals surface area contributed by atoms with Crippen LogP contribution in [0.5, 0.6) is 0 Å². The number of imide groups is 1. The van der Waals surface area contributed by atoms with E-state index in [-0.39, 0.29) is 29.5 Å². The molecule has 2 N–H and O–H groups in total. The van der Waals surface area contributed by atoms with Crippen LogP contribution in [-0.2, 0) is 6.54 Å². The fourth-order valence-corrected chi connectivity index (χ4v) is 3.54. The molecule has 3 amide bonds. The van der Waals surface area contributed by atoms with Crippen LogP contribution in [0.15, 0.2) is 53.7 Å². The highest BCUT2D eigenvalue weighted by Gasteiger charge is 2.36. The molecule has 0 bridgehead atoms. The summed E-state index contributed by atoms with van der Waals surface area (Å²) in [6.07, 6.45) is 0. The first-order valence-electron chi connectivity index (χ1n) is 8.97. The lowest BCUT2D eigenvalue weighted by Gasteiger charge is -2.13. The Balaban J connectivity index is 1.52. The third-order valence-corrected chi connectivity index (χ3v) is 5.12. The summed E-state index contributed by atoms with van der Waals surface area (Å²) in [5.41, 5.74) is 1.63. The number of thioether (sulfide) groups is 1. The lowest BCUT2D eigenvalue weighted by molar-refractivity contribution is 0.0642. The average Bonchev–Trinajstić information content (AvgIpc) is 3.27. The van der Waals surface area contributed by atoms with Gasteiger partial charge in [0.05, 0.1) is 17.7 Å². The van der Waals surface area contributed by atoms with Crippen molar-refractivity contribution in [1.82, 2.24) is 20.1 Å². The van der Waals surface area contributed by atoms with Gasteiger partial charge in [-0.3, -0.25) is 24.6 Å². The molecule has 0 radical (unpaired) electrons. The minimum atomic E-state index is -0.446. The van der Waals surface area contributed by atoms with Crippen LogP contribution in [-0.4, -0.2) is 43.6 Å². The molecule has 146 valence electrons. The van der Waals surface area contributed by atoms with Crippen LogP contribution in [0.25, 0.3) is 0 Å². The number of aromatic nitrogens is 3. The van der Waals surface area contributed by atoms with Gasteiger partial charge in [-0.25, -0.2) is 5.10 Å². The molecule has 1 aliphatic heterocycles. The zero-order chi connectivity index (χ0) is 20.4. The van der Waals surface area contributed by atoms with Crippen LogP contribution in [0.1, 0.15) is 43.6 Å². The highest BCUT2D eigenvalue weighted by atomic mass is 32.2. The lowest BCUT2D eigenvalue weighted by atomic mass is 10.1. The maximum atomic E-state index is 12.8. The molecule has 1 aromatic heterocycles. The summed E-state index contributed by atoms with van der Waals surface area (Å²) >= 11 is 1.44. The Labute approximate surface area is 170 Å². The van der Waals surface area contributed by atoms with Crippen LogP contribution < -0.4 is 5.32 Å². The average molecular weight is 407 g/mol. The summed E-state index contributed by atoms with van der Waals surface area (Å²) in [5, 5.41) is 9.79. The molecule has 2 aromatic carbocycles. The van der Waals surface area contributed by atoms with Crippen molar-refractivity contribution in [1.29, 1.82) is 0 Å². The van der Waals surface area contributed by atoms with E-state index < -0.39 is 11.8 Å². The van der Waals surface area contributed by atoms with Gasteiger partial charge in [0.1, 0.15) is 0 Å². The van der Waals surface area contributed by atoms with Gasteiger partial charge in [0, 0.05) is 5.56 Å². The van der Waals surface area contributed by atoms with Gasteiger partial charge in [0.25, 0.3) is 17.7 Å². The van der Waals surface area contributed by atoms with Crippen LogP contribution in [0.4, 0.5) is 5.95 Å². The van der Waals surface area contributed by atoms with Crippen LogP contribution in [0.3, 0.4) is 0 Å².